The normalized spacial score (nSPS) is 15.8. The fourth-order valence-corrected chi connectivity index (χ4v) is 4.57. The third-order valence-corrected chi connectivity index (χ3v) is 6.41. The third-order valence-electron chi connectivity index (χ3n) is 6.10. The highest BCUT2D eigenvalue weighted by molar-refractivity contribution is 6.34. The molecule has 2 aromatic carbocycles. The Morgan fingerprint density at radius 1 is 1.18 bits per heavy atom. The minimum atomic E-state index is -0.384. The van der Waals surface area contributed by atoms with Gasteiger partial charge in [-0.25, -0.2) is 9.97 Å². The Hall–Kier alpha value is -3.62. The van der Waals surface area contributed by atoms with Crippen LogP contribution < -0.4 is 9.80 Å². The van der Waals surface area contributed by atoms with Crippen molar-refractivity contribution in [1.82, 2.24) is 15.0 Å². The molecule has 9 heteroatoms. The van der Waals surface area contributed by atoms with Crippen molar-refractivity contribution in [3.8, 4) is 17.0 Å². The molecule has 0 radical (unpaired) electrons. The van der Waals surface area contributed by atoms with Gasteiger partial charge in [-0.1, -0.05) is 23.7 Å². The highest BCUT2D eigenvalue weighted by atomic mass is 35.5. The van der Waals surface area contributed by atoms with Crippen molar-refractivity contribution in [3.05, 3.63) is 64.9 Å². The number of hydrogen-bond donors (Lipinski definition) is 3. The SMILES string of the molecule is CN(C)c1ncc(C(=O)c2c(O)[nH]c3cc(Cl)c(-c4ccc(N5CCC(O)C5)cc4)cc23)cn1. The Morgan fingerprint density at radius 2 is 1.88 bits per heavy atom. The quantitative estimate of drug-likeness (QED) is 0.375. The van der Waals surface area contributed by atoms with Crippen LogP contribution in [-0.4, -0.2) is 64.2 Å². The lowest BCUT2D eigenvalue weighted by Gasteiger charge is -2.18. The van der Waals surface area contributed by atoms with Gasteiger partial charge in [-0.3, -0.25) is 4.79 Å². The van der Waals surface area contributed by atoms with Crippen molar-refractivity contribution >= 4 is 39.9 Å². The number of halogens is 1. The van der Waals surface area contributed by atoms with E-state index in [1.807, 2.05) is 44.4 Å². The number of H-pyrrole nitrogens is 1. The van der Waals surface area contributed by atoms with Crippen LogP contribution in [0.3, 0.4) is 0 Å². The lowest BCUT2D eigenvalue weighted by molar-refractivity contribution is 0.103. The van der Waals surface area contributed by atoms with E-state index in [0.717, 1.165) is 29.8 Å². The summed E-state index contributed by atoms with van der Waals surface area (Å²) in [7, 11) is 3.63. The molecule has 8 nitrogen and oxygen atoms in total. The number of β-amino-alcohol motifs (C(OH)–C–C–N with tert-alkyl or cyclic N) is 1. The Balaban J connectivity index is 1.52. The number of aromatic amines is 1. The molecule has 34 heavy (non-hydrogen) atoms. The van der Waals surface area contributed by atoms with Gasteiger partial charge in [0.05, 0.1) is 27.8 Å². The maximum atomic E-state index is 13.2. The first-order chi connectivity index (χ1) is 16.3. The molecule has 1 fully saturated rings. The van der Waals surface area contributed by atoms with Gasteiger partial charge in [0.15, 0.2) is 0 Å². The number of aliphatic hydroxyl groups excluding tert-OH is 1. The fourth-order valence-electron chi connectivity index (χ4n) is 4.29. The molecule has 5 rings (SSSR count). The number of anilines is 2. The topological polar surface area (TPSA) is 106 Å². The maximum Gasteiger partial charge on any atom is 0.224 e. The van der Waals surface area contributed by atoms with E-state index >= 15 is 0 Å². The van der Waals surface area contributed by atoms with Crippen molar-refractivity contribution in [2.75, 3.05) is 37.0 Å². The number of carbonyl (C=O) groups excluding carboxylic acids is 1. The van der Waals surface area contributed by atoms with Gasteiger partial charge in [0.1, 0.15) is 0 Å². The summed E-state index contributed by atoms with van der Waals surface area (Å²) in [5.74, 6) is -0.126. The number of nitrogens with one attached hydrogen (secondary N) is 1. The lowest BCUT2D eigenvalue weighted by atomic mass is 9.99. The number of hydrogen-bond acceptors (Lipinski definition) is 7. The van der Waals surface area contributed by atoms with Gasteiger partial charge < -0.3 is 25.0 Å². The first-order valence-electron chi connectivity index (χ1n) is 10.9. The Bertz CT molecular complexity index is 1370. The van der Waals surface area contributed by atoms with Gasteiger partial charge in [-0.2, -0.15) is 0 Å². The molecule has 0 saturated carbocycles. The number of aromatic nitrogens is 3. The molecule has 1 aliphatic rings. The molecule has 1 aliphatic heterocycles. The highest BCUT2D eigenvalue weighted by Gasteiger charge is 2.23. The molecule has 0 spiro atoms. The number of aromatic hydroxyl groups is 1. The van der Waals surface area contributed by atoms with Gasteiger partial charge in [0, 0.05) is 56.2 Å². The number of carbonyl (C=O) groups is 1. The monoisotopic (exact) mass is 477 g/mol. The number of benzene rings is 2. The minimum absolute atomic E-state index is 0.150. The van der Waals surface area contributed by atoms with E-state index in [-0.39, 0.29) is 28.9 Å². The molecule has 1 unspecified atom stereocenters. The summed E-state index contributed by atoms with van der Waals surface area (Å²) >= 11 is 6.57. The predicted octanol–water partition coefficient (Wildman–Crippen LogP) is 3.85. The third kappa shape index (κ3) is 3.95. The number of fused-ring (bicyclic) bond motifs is 1. The standard InChI is InChI=1S/C25H24ClN5O3/c1-30(2)25-27-11-15(12-28-25)23(33)22-19-9-18(20(26)10-21(19)29-24(22)34)14-3-5-16(6-4-14)31-8-7-17(32)13-31/h3-6,9-12,17,29,32,34H,7-8,13H2,1-2H3. The largest absolute Gasteiger partial charge is 0.494 e. The van der Waals surface area contributed by atoms with Gasteiger partial charge in [0.25, 0.3) is 0 Å². The van der Waals surface area contributed by atoms with Crippen LogP contribution in [0.15, 0.2) is 48.8 Å². The Labute approximate surface area is 201 Å². The van der Waals surface area contributed by atoms with Crippen LogP contribution in [0, 0.1) is 0 Å². The molecule has 174 valence electrons. The summed E-state index contributed by atoms with van der Waals surface area (Å²) < 4.78 is 0. The zero-order valence-corrected chi connectivity index (χ0v) is 19.5. The van der Waals surface area contributed by atoms with Crippen LogP contribution in [0.5, 0.6) is 5.88 Å². The Morgan fingerprint density at radius 3 is 2.50 bits per heavy atom. The molecule has 0 aliphatic carbocycles. The van der Waals surface area contributed by atoms with E-state index in [0.29, 0.717) is 28.4 Å². The molecular weight excluding hydrogens is 454 g/mol. The maximum absolute atomic E-state index is 13.2. The average molecular weight is 478 g/mol. The molecule has 3 N–H and O–H groups in total. The van der Waals surface area contributed by atoms with Gasteiger partial charge in [0.2, 0.25) is 17.6 Å². The van der Waals surface area contributed by atoms with E-state index in [4.69, 9.17) is 11.6 Å². The molecule has 0 amide bonds. The van der Waals surface area contributed by atoms with E-state index < -0.39 is 0 Å². The van der Waals surface area contributed by atoms with E-state index in [1.54, 1.807) is 11.0 Å². The zero-order chi connectivity index (χ0) is 24.0. The summed E-state index contributed by atoms with van der Waals surface area (Å²) in [5.41, 5.74) is 3.65. The molecule has 1 atom stereocenters. The van der Waals surface area contributed by atoms with Crippen molar-refractivity contribution in [1.29, 1.82) is 0 Å². The second-order valence-electron chi connectivity index (χ2n) is 8.66. The smallest absolute Gasteiger partial charge is 0.224 e. The summed E-state index contributed by atoms with van der Waals surface area (Å²) in [6.07, 6.45) is 3.38. The molecule has 4 aromatic rings. The Kier molecular flexibility index (Phi) is 5.63. The number of nitrogens with zero attached hydrogens (tertiary/aromatic N) is 4. The first kappa shape index (κ1) is 22.2. The van der Waals surface area contributed by atoms with Gasteiger partial charge in [-0.15, -0.1) is 0 Å². The van der Waals surface area contributed by atoms with Crippen LogP contribution in [0.4, 0.5) is 11.6 Å². The predicted molar refractivity (Wildman–Crippen MR) is 133 cm³/mol. The summed E-state index contributed by atoms with van der Waals surface area (Å²) in [4.78, 5) is 28.4. The van der Waals surface area contributed by atoms with Crippen LogP contribution in [0.2, 0.25) is 5.02 Å². The average Bonchev–Trinajstić information content (AvgIpc) is 3.40. The van der Waals surface area contributed by atoms with E-state index in [1.165, 1.54) is 12.4 Å². The van der Waals surface area contributed by atoms with Crippen molar-refractivity contribution in [2.24, 2.45) is 0 Å². The molecular formula is C25H24ClN5O3. The van der Waals surface area contributed by atoms with Crippen molar-refractivity contribution < 1.29 is 15.0 Å². The van der Waals surface area contributed by atoms with Crippen LogP contribution in [-0.2, 0) is 0 Å². The van der Waals surface area contributed by atoms with E-state index in [9.17, 15) is 15.0 Å². The van der Waals surface area contributed by atoms with Gasteiger partial charge >= 0.3 is 0 Å². The highest BCUT2D eigenvalue weighted by Crippen LogP contribution is 2.37. The molecule has 1 saturated heterocycles. The molecule has 3 heterocycles. The van der Waals surface area contributed by atoms with Gasteiger partial charge in [-0.05, 0) is 36.2 Å². The number of rotatable bonds is 5. The fraction of sp³-hybridized carbons (Fsp3) is 0.240. The molecule has 0 bridgehead atoms. The van der Waals surface area contributed by atoms with Crippen molar-refractivity contribution in [2.45, 2.75) is 12.5 Å². The number of ketones is 1. The first-order valence-corrected chi connectivity index (χ1v) is 11.3. The zero-order valence-electron chi connectivity index (χ0n) is 18.8. The summed E-state index contributed by atoms with van der Waals surface area (Å²) in [6.45, 7) is 1.44. The van der Waals surface area contributed by atoms with Crippen LogP contribution in [0.25, 0.3) is 22.0 Å². The van der Waals surface area contributed by atoms with E-state index in [2.05, 4.69) is 19.9 Å². The second kappa shape index (κ2) is 8.62. The van der Waals surface area contributed by atoms with Crippen LogP contribution >= 0.6 is 11.6 Å². The number of aliphatic hydroxyl groups is 1. The lowest BCUT2D eigenvalue weighted by Crippen LogP contribution is -2.20. The van der Waals surface area contributed by atoms with Crippen LogP contribution in [0.1, 0.15) is 22.3 Å². The second-order valence-corrected chi connectivity index (χ2v) is 9.06. The summed E-state index contributed by atoms with van der Waals surface area (Å²) in [5, 5.41) is 21.4. The summed E-state index contributed by atoms with van der Waals surface area (Å²) in [6, 6.07) is 11.4. The minimum Gasteiger partial charge on any atom is -0.494 e. The van der Waals surface area contributed by atoms with Crippen molar-refractivity contribution in [3.63, 3.8) is 0 Å². The molecule has 2 aromatic heterocycles.